The molecule has 74 valence electrons. The fourth-order valence-electron chi connectivity index (χ4n) is 1.90. The molecule has 3 nitrogen and oxygen atoms in total. The van der Waals surface area contributed by atoms with Gasteiger partial charge in [-0.2, -0.15) is 0 Å². The standard InChI is InChI=1S/C11H15N3/c1-2-14-8-4-10(5-9-14)11-12-6-3-7-13-11/h1,3,6-7,10H,2,4-5,8-9H2. The number of aromatic nitrogens is 2. The van der Waals surface area contributed by atoms with Crippen LogP contribution < -0.4 is 0 Å². The van der Waals surface area contributed by atoms with Crippen molar-refractivity contribution in [1.82, 2.24) is 14.9 Å². The van der Waals surface area contributed by atoms with Gasteiger partial charge in [0.05, 0.1) is 0 Å². The van der Waals surface area contributed by atoms with Crippen LogP contribution in [0.25, 0.3) is 0 Å². The highest BCUT2D eigenvalue weighted by Gasteiger charge is 2.20. The molecule has 2 heterocycles. The first-order valence-electron chi connectivity index (χ1n) is 5.09. The van der Waals surface area contributed by atoms with E-state index < -0.39 is 0 Å². The molecule has 1 saturated heterocycles. The lowest BCUT2D eigenvalue weighted by Gasteiger charge is -2.29. The summed E-state index contributed by atoms with van der Waals surface area (Å²) in [4.78, 5) is 10.8. The number of hydrogen-bond acceptors (Lipinski definition) is 3. The summed E-state index contributed by atoms with van der Waals surface area (Å²) < 4.78 is 0. The predicted molar refractivity (Wildman–Crippen MR) is 54.7 cm³/mol. The summed E-state index contributed by atoms with van der Waals surface area (Å²) >= 11 is 0. The Bertz CT molecular complexity index is 265. The Balaban J connectivity index is 1.96. The SMILES string of the molecule is [CH]CN1CCC(c2ncccn2)CC1. The van der Waals surface area contributed by atoms with E-state index in [0.717, 1.165) is 31.8 Å². The van der Waals surface area contributed by atoms with Gasteiger partial charge in [-0.05, 0) is 38.9 Å². The van der Waals surface area contributed by atoms with E-state index >= 15 is 0 Å². The zero-order valence-electron chi connectivity index (χ0n) is 8.26. The Labute approximate surface area is 85.2 Å². The monoisotopic (exact) mass is 189 g/mol. The quantitative estimate of drug-likeness (QED) is 0.703. The van der Waals surface area contributed by atoms with Crippen LogP contribution in [0, 0.1) is 6.92 Å². The van der Waals surface area contributed by atoms with Crippen LogP contribution in [0.5, 0.6) is 0 Å². The predicted octanol–water partition coefficient (Wildman–Crippen LogP) is 1.37. The molecule has 0 N–H and O–H groups in total. The third kappa shape index (κ3) is 2.10. The Morgan fingerprint density at radius 1 is 1.29 bits per heavy atom. The van der Waals surface area contributed by atoms with Crippen molar-refractivity contribution in [3.63, 3.8) is 0 Å². The molecule has 3 heteroatoms. The molecule has 0 aromatic carbocycles. The van der Waals surface area contributed by atoms with E-state index in [-0.39, 0.29) is 0 Å². The van der Waals surface area contributed by atoms with Crippen molar-refractivity contribution < 1.29 is 0 Å². The molecule has 14 heavy (non-hydrogen) atoms. The van der Waals surface area contributed by atoms with E-state index in [1.165, 1.54) is 0 Å². The lowest BCUT2D eigenvalue weighted by Crippen LogP contribution is -2.33. The fourth-order valence-corrected chi connectivity index (χ4v) is 1.90. The molecule has 0 atom stereocenters. The molecule has 1 aromatic heterocycles. The molecule has 1 aliphatic heterocycles. The molecule has 0 spiro atoms. The maximum Gasteiger partial charge on any atom is 0.131 e. The number of hydrogen-bond donors (Lipinski definition) is 0. The van der Waals surface area contributed by atoms with Gasteiger partial charge < -0.3 is 4.90 Å². The Morgan fingerprint density at radius 2 is 1.93 bits per heavy atom. The molecule has 0 aliphatic carbocycles. The van der Waals surface area contributed by atoms with Gasteiger partial charge in [-0.25, -0.2) is 9.97 Å². The van der Waals surface area contributed by atoms with E-state index in [1.807, 2.05) is 18.5 Å². The second-order valence-electron chi connectivity index (χ2n) is 3.68. The number of likely N-dealkylation sites (tertiary alicyclic amines) is 1. The molecule has 2 rings (SSSR count). The molecule has 1 aromatic rings. The average molecular weight is 189 g/mol. The van der Waals surface area contributed by atoms with Gasteiger partial charge in [-0.1, -0.05) is 0 Å². The van der Waals surface area contributed by atoms with Gasteiger partial charge in [0.15, 0.2) is 0 Å². The molecule has 0 unspecified atom stereocenters. The van der Waals surface area contributed by atoms with Crippen molar-refractivity contribution in [2.75, 3.05) is 19.6 Å². The number of piperidine rings is 1. The van der Waals surface area contributed by atoms with Crippen molar-refractivity contribution in [3.8, 4) is 0 Å². The summed E-state index contributed by atoms with van der Waals surface area (Å²) in [5.74, 6) is 1.52. The molecular weight excluding hydrogens is 174 g/mol. The summed E-state index contributed by atoms with van der Waals surface area (Å²) in [5, 5.41) is 0. The Hall–Kier alpha value is -0.960. The molecule has 1 aliphatic rings. The van der Waals surface area contributed by atoms with Gasteiger partial charge in [0.1, 0.15) is 5.82 Å². The van der Waals surface area contributed by atoms with Gasteiger partial charge in [0.25, 0.3) is 0 Å². The van der Waals surface area contributed by atoms with E-state index in [2.05, 4.69) is 14.9 Å². The van der Waals surface area contributed by atoms with E-state index in [4.69, 9.17) is 6.92 Å². The van der Waals surface area contributed by atoms with Crippen molar-refractivity contribution in [3.05, 3.63) is 31.2 Å². The zero-order valence-corrected chi connectivity index (χ0v) is 8.26. The minimum Gasteiger partial charge on any atom is -0.303 e. The zero-order chi connectivity index (χ0) is 9.80. The van der Waals surface area contributed by atoms with Crippen LogP contribution in [0.4, 0.5) is 0 Å². The van der Waals surface area contributed by atoms with Crippen LogP contribution in [0.1, 0.15) is 24.6 Å². The van der Waals surface area contributed by atoms with Gasteiger partial charge in [-0.3, -0.25) is 0 Å². The van der Waals surface area contributed by atoms with Crippen molar-refractivity contribution in [2.24, 2.45) is 0 Å². The topological polar surface area (TPSA) is 29.0 Å². The first kappa shape index (κ1) is 9.59. The van der Waals surface area contributed by atoms with E-state index in [1.54, 1.807) is 0 Å². The summed E-state index contributed by atoms with van der Waals surface area (Å²) in [7, 11) is 0. The lowest BCUT2D eigenvalue weighted by atomic mass is 9.96. The van der Waals surface area contributed by atoms with Crippen LogP contribution in [0.2, 0.25) is 0 Å². The highest BCUT2D eigenvalue weighted by Crippen LogP contribution is 2.24. The molecular formula is C11H15N3. The van der Waals surface area contributed by atoms with Gasteiger partial charge in [0.2, 0.25) is 0 Å². The summed E-state index contributed by atoms with van der Waals surface area (Å²) in [6, 6.07) is 1.86. The Kier molecular flexibility index (Phi) is 3.09. The van der Waals surface area contributed by atoms with Crippen LogP contribution in [-0.2, 0) is 0 Å². The summed E-state index contributed by atoms with van der Waals surface area (Å²) in [6.45, 7) is 8.39. The maximum atomic E-state index is 5.58. The van der Waals surface area contributed by atoms with Gasteiger partial charge in [-0.15, -0.1) is 0 Å². The third-order valence-corrected chi connectivity index (χ3v) is 2.80. The number of nitrogens with zero attached hydrogens (tertiary/aromatic N) is 3. The molecule has 0 bridgehead atoms. The van der Waals surface area contributed by atoms with Crippen LogP contribution in [-0.4, -0.2) is 34.5 Å². The van der Waals surface area contributed by atoms with Gasteiger partial charge in [0, 0.05) is 24.9 Å². The molecule has 2 radical (unpaired) electrons. The second-order valence-corrected chi connectivity index (χ2v) is 3.68. The minimum absolute atomic E-state index is 0.527. The Morgan fingerprint density at radius 3 is 2.50 bits per heavy atom. The van der Waals surface area contributed by atoms with Crippen LogP contribution >= 0.6 is 0 Å². The largest absolute Gasteiger partial charge is 0.303 e. The van der Waals surface area contributed by atoms with Crippen LogP contribution in [0.3, 0.4) is 0 Å². The van der Waals surface area contributed by atoms with Gasteiger partial charge >= 0.3 is 0 Å². The number of rotatable bonds is 2. The molecule has 1 fully saturated rings. The minimum atomic E-state index is 0.527. The van der Waals surface area contributed by atoms with E-state index in [0.29, 0.717) is 12.5 Å². The first-order valence-corrected chi connectivity index (χ1v) is 5.09. The van der Waals surface area contributed by atoms with Crippen molar-refractivity contribution in [2.45, 2.75) is 18.8 Å². The average Bonchev–Trinajstić information content (AvgIpc) is 2.30. The fraction of sp³-hybridized carbons (Fsp3) is 0.545. The molecule has 0 amide bonds. The third-order valence-electron chi connectivity index (χ3n) is 2.80. The maximum absolute atomic E-state index is 5.58. The summed E-state index contributed by atoms with van der Waals surface area (Å²) in [6.07, 6.45) is 5.89. The van der Waals surface area contributed by atoms with E-state index in [9.17, 15) is 0 Å². The smallest absolute Gasteiger partial charge is 0.131 e. The highest BCUT2D eigenvalue weighted by molar-refractivity contribution is 4.99. The normalized spacial score (nSPS) is 19.8. The van der Waals surface area contributed by atoms with Crippen LogP contribution in [0.15, 0.2) is 18.5 Å². The summed E-state index contributed by atoms with van der Waals surface area (Å²) in [5.41, 5.74) is 0. The highest BCUT2D eigenvalue weighted by atomic mass is 15.1. The first-order chi connectivity index (χ1) is 6.90. The second kappa shape index (κ2) is 4.51. The lowest BCUT2D eigenvalue weighted by molar-refractivity contribution is 0.228. The van der Waals surface area contributed by atoms with Crippen molar-refractivity contribution in [1.29, 1.82) is 0 Å². The van der Waals surface area contributed by atoms with Crippen molar-refractivity contribution >= 4 is 0 Å². The molecule has 0 saturated carbocycles.